The van der Waals surface area contributed by atoms with Gasteiger partial charge in [0.05, 0.1) is 0 Å². The molecule has 0 N–H and O–H groups in total. The fourth-order valence-corrected chi connectivity index (χ4v) is 11.0. The van der Waals surface area contributed by atoms with E-state index in [0.717, 1.165) is 142 Å². The topological polar surface area (TPSA) is 43.9 Å². The van der Waals surface area contributed by atoms with Gasteiger partial charge in [-0.1, -0.05) is 265 Å². The lowest BCUT2D eigenvalue weighted by Gasteiger charge is -2.34. The molecule has 1 rings (SSSR count). The van der Waals surface area contributed by atoms with Crippen molar-refractivity contribution in [3.05, 3.63) is 0 Å². The van der Waals surface area contributed by atoms with Crippen molar-refractivity contribution in [2.24, 2.45) is 0 Å². The van der Waals surface area contributed by atoms with Crippen LogP contribution in [0.25, 0.3) is 0 Å². The molecule has 0 heterocycles. The highest BCUT2D eigenvalue weighted by Gasteiger charge is 2.25. The van der Waals surface area contributed by atoms with Crippen molar-refractivity contribution in [2.45, 2.75) is 348 Å². The van der Waals surface area contributed by atoms with Gasteiger partial charge in [-0.3, -0.25) is 9.59 Å². The van der Waals surface area contributed by atoms with Crippen molar-refractivity contribution in [2.75, 3.05) is 39.3 Å². The summed E-state index contributed by atoms with van der Waals surface area (Å²) in [4.78, 5) is 33.4. The van der Waals surface area contributed by atoms with E-state index < -0.39 is 12.3 Å². The van der Waals surface area contributed by atoms with Crippen molar-refractivity contribution in [3.8, 4) is 0 Å². The lowest BCUT2D eigenvalue weighted by Crippen LogP contribution is -2.39. The predicted molar refractivity (Wildman–Crippen MR) is 298 cm³/mol. The number of rotatable bonds is 53. The zero-order valence-corrected chi connectivity index (χ0v) is 47.1. The maximum absolute atomic E-state index is 15.5. The molecule has 2 amide bonds. The molecule has 0 aliphatic heterocycles. The summed E-state index contributed by atoms with van der Waals surface area (Å²) in [6, 6.07) is 0.667. The molecule has 69 heavy (non-hydrogen) atoms. The fourth-order valence-electron chi connectivity index (χ4n) is 11.0. The van der Waals surface area contributed by atoms with Crippen molar-refractivity contribution in [1.29, 1.82) is 0 Å². The van der Waals surface area contributed by atoms with Gasteiger partial charge in [0.15, 0.2) is 12.3 Å². The number of carbonyl (C=O) groups excluding carboxylic acids is 2. The highest BCUT2D eigenvalue weighted by molar-refractivity contribution is 5.81. The summed E-state index contributed by atoms with van der Waals surface area (Å²) in [7, 11) is 0. The zero-order chi connectivity index (χ0) is 50.1. The average Bonchev–Trinajstić information content (AvgIpc) is 3.36. The molecule has 0 spiro atoms. The van der Waals surface area contributed by atoms with Crippen molar-refractivity contribution in [1.82, 2.24) is 14.7 Å². The van der Waals surface area contributed by atoms with Gasteiger partial charge in [-0.2, -0.15) is 0 Å². The van der Waals surface area contributed by atoms with Crippen LogP contribution in [0.2, 0.25) is 0 Å². The van der Waals surface area contributed by atoms with Gasteiger partial charge in [0.2, 0.25) is 0 Å². The van der Waals surface area contributed by atoms with Gasteiger partial charge in [-0.15, -0.1) is 0 Å². The van der Waals surface area contributed by atoms with E-state index in [2.05, 4.69) is 32.6 Å². The van der Waals surface area contributed by atoms with Gasteiger partial charge < -0.3 is 14.7 Å². The van der Waals surface area contributed by atoms with E-state index in [1.54, 1.807) is 0 Å². The summed E-state index contributed by atoms with van der Waals surface area (Å²) in [5.74, 6) is -0.494. The molecule has 0 saturated heterocycles. The summed E-state index contributed by atoms with van der Waals surface area (Å²) in [5, 5.41) is 0. The summed E-state index contributed by atoms with van der Waals surface area (Å²) >= 11 is 0. The van der Waals surface area contributed by atoms with Crippen LogP contribution in [0.1, 0.15) is 329 Å². The quantitative estimate of drug-likeness (QED) is 0.0571. The molecule has 0 aromatic rings. The maximum atomic E-state index is 15.5. The van der Waals surface area contributed by atoms with Crippen LogP contribution in [0.5, 0.6) is 0 Å². The summed E-state index contributed by atoms with van der Waals surface area (Å²) < 4.78 is 31.1. The average molecular weight is 979 g/mol. The molecular weight excluding hydrogens is 857 g/mol. The van der Waals surface area contributed by atoms with Crippen molar-refractivity contribution in [3.63, 3.8) is 0 Å². The molecule has 410 valence electrons. The number of hydrogen-bond donors (Lipinski definition) is 0. The minimum atomic E-state index is -1.36. The molecule has 0 bridgehead atoms. The predicted octanol–water partition coefficient (Wildman–Crippen LogP) is 19.4. The Bertz CT molecular complexity index is 974. The number of carbonyl (C=O) groups is 2. The van der Waals surface area contributed by atoms with Crippen LogP contribution in [0.4, 0.5) is 8.78 Å². The molecule has 2 atom stereocenters. The number of nitrogens with zero attached hydrogens (tertiary/aromatic N) is 3. The van der Waals surface area contributed by atoms with Crippen LogP contribution in [-0.2, 0) is 9.59 Å². The van der Waals surface area contributed by atoms with Crippen LogP contribution in [0.15, 0.2) is 0 Å². The second kappa shape index (κ2) is 50.3. The van der Waals surface area contributed by atoms with E-state index in [1.807, 2.05) is 9.80 Å². The van der Waals surface area contributed by atoms with Gasteiger partial charge in [-0.25, -0.2) is 8.78 Å². The smallest absolute Gasteiger partial charge is 0.257 e. The SMILES string of the molecule is CCCCCCCCCCN(CCCCCCCCCC)C(=O)C(F)CCCCCCN(CCCCCCC(F)C(=O)N(CCCCCCCCCC)CCCCCCCCCC)C1CCCCC1. The standard InChI is InChI=1S/C62H121F2N3O2/c1-5-9-13-17-21-25-31-44-54-66(55-45-32-26-22-18-14-10-6-2)61(68)59(63)50-40-29-35-42-52-65(58-48-38-37-39-49-58)53-43-36-30-41-51-60(64)62(69)67(56-46-33-27-23-19-15-11-7-3)57-47-34-28-24-20-16-12-8-4/h58-60H,5-57H2,1-4H3. The van der Waals surface area contributed by atoms with Crippen LogP contribution < -0.4 is 0 Å². The second-order valence-corrected chi connectivity index (χ2v) is 22.2. The Morgan fingerprint density at radius 3 is 0.841 bits per heavy atom. The van der Waals surface area contributed by atoms with Gasteiger partial charge in [0, 0.05) is 32.2 Å². The first kappa shape index (κ1) is 65.8. The van der Waals surface area contributed by atoms with Gasteiger partial charge in [0.1, 0.15) is 0 Å². The molecule has 5 nitrogen and oxygen atoms in total. The molecule has 1 saturated carbocycles. The second-order valence-electron chi connectivity index (χ2n) is 22.2. The van der Waals surface area contributed by atoms with Crippen LogP contribution in [0.3, 0.4) is 0 Å². The van der Waals surface area contributed by atoms with E-state index in [4.69, 9.17) is 0 Å². The van der Waals surface area contributed by atoms with Crippen LogP contribution in [0, 0.1) is 0 Å². The fraction of sp³-hybridized carbons (Fsp3) is 0.968. The number of unbranched alkanes of at least 4 members (excludes halogenated alkanes) is 34. The molecule has 0 radical (unpaired) electrons. The molecule has 1 aliphatic rings. The number of amides is 2. The van der Waals surface area contributed by atoms with Crippen molar-refractivity contribution >= 4 is 11.8 Å². The molecule has 1 fully saturated rings. The lowest BCUT2D eigenvalue weighted by atomic mass is 9.93. The molecule has 0 aromatic heterocycles. The maximum Gasteiger partial charge on any atom is 0.257 e. The Kier molecular flexibility index (Phi) is 47.9. The summed E-state index contributed by atoms with van der Waals surface area (Å²) in [6.45, 7) is 14.1. The minimum Gasteiger partial charge on any atom is -0.340 e. The van der Waals surface area contributed by atoms with Crippen molar-refractivity contribution < 1.29 is 18.4 Å². The molecule has 2 unspecified atom stereocenters. The molecule has 7 heteroatoms. The highest BCUT2D eigenvalue weighted by atomic mass is 19.1. The molecular formula is C62H121F2N3O2. The first-order valence-corrected chi connectivity index (χ1v) is 31.5. The monoisotopic (exact) mass is 978 g/mol. The van der Waals surface area contributed by atoms with Crippen LogP contribution in [-0.4, -0.2) is 84.2 Å². The third kappa shape index (κ3) is 39.0. The third-order valence-electron chi connectivity index (χ3n) is 15.7. The van der Waals surface area contributed by atoms with E-state index in [0.29, 0.717) is 18.9 Å². The first-order chi connectivity index (χ1) is 33.9. The Hall–Kier alpha value is -1.24. The summed E-state index contributed by atoms with van der Waals surface area (Å²) in [5.41, 5.74) is 0. The Morgan fingerprint density at radius 2 is 0.565 bits per heavy atom. The van der Waals surface area contributed by atoms with Gasteiger partial charge in [0.25, 0.3) is 11.8 Å². The van der Waals surface area contributed by atoms with E-state index >= 15 is 8.78 Å². The molecule has 0 aromatic carbocycles. The largest absolute Gasteiger partial charge is 0.340 e. The first-order valence-electron chi connectivity index (χ1n) is 31.5. The molecule has 1 aliphatic carbocycles. The zero-order valence-electron chi connectivity index (χ0n) is 47.1. The van der Waals surface area contributed by atoms with E-state index in [1.165, 1.54) is 186 Å². The van der Waals surface area contributed by atoms with Gasteiger partial charge >= 0.3 is 0 Å². The van der Waals surface area contributed by atoms with E-state index in [-0.39, 0.29) is 11.8 Å². The minimum absolute atomic E-state index is 0.247. The Balaban J connectivity index is 2.50. The van der Waals surface area contributed by atoms with E-state index in [9.17, 15) is 9.59 Å². The Morgan fingerprint density at radius 1 is 0.333 bits per heavy atom. The summed E-state index contributed by atoms with van der Waals surface area (Å²) in [6.07, 6.45) is 52.1. The third-order valence-corrected chi connectivity index (χ3v) is 15.7. The normalized spacial score (nSPS) is 14.2. The number of hydrogen-bond acceptors (Lipinski definition) is 3. The number of alkyl halides is 2. The Labute approximate surface area is 430 Å². The van der Waals surface area contributed by atoms with Gasteiger partial charge in [-0.05, 0) is 77.3 Å². The lowest BCUT2D eigenvalue weighted by molar-refractivity contribution is -0.137. The van der Waals surface area contributed by atoms with Crippen LogP contribution >= 0.6 is 0 Å². The highest BCUT2D eigenvalue weighted by Crippen LogP contribution is 2.25. The number of halogens is 2.